The van der Waals surface area contributed by atoms with Gasteiger partial charge in [-0.15, -0.1) is 0 Å². The second-order valence-corrected chi connectivity index (χ2v) is 2.12. The molecule has 0 rings (SSSR count). The van der Waals surface area contributed by atoms with Crippen molar-refractivity contribution < 1.29 is 0 Å². The van der Waals surface area contributed by atoms with E-state index in [0.29, 0.717) is 0 Å². The fourth-order valence-corrected chi connectivity index (χ4v) is 0. The van der Waals surface area contributed by atoms with E-state index in [4.69, 9.17) is 0 Å². The monoisotopic (exact) mass is 212 g/mol. The van der Waals surface area contributed by atoms with Crippen LogP contribution in [0.25, 0.3) is 0 Å². The Balaban J connectivity index is -0.00000000545. The van der Waals surface area contributed by atoms with Crippen molar-refractivity contribution in [3.8, 4) is 0 Å². The Bertz CT molecular complexity index is 4.75. The highest BCUT2D eigenvalue weighted by Crippen LogP contribution is 1.56. The van der Waals surface area contributed by atoms with Crippen LogP contribution in [0.4, 0.5) is 0 Å². The Hall–Kier alpha value is 0. The molecule has 0 atom stereocenters. The van der Waals surface area contributed by atoms with Crippen LogP contribution in [0.3, 0.4) is 0 Å². The third kappa shape index (κ3) is 0. The van der Waals surface area contributed by atoms with Gasteiger partial charge in [-0.2, -0.15) is 0 Å². The molecule has 0 spiro atoms. The van der Waals surface area contributed by atoms with Gasteiger partial charge in [0.1, 0.15) is 0 Å². The maximum atomic E-state index is 2.12. The molecule has 0 N–H and O–H groups in total. The SMILES string of the molecule is C.C.C.C.C.CCC.CCC.CCC. The normalized spacial score (nSPS) is 3.86. The lowest BCUT2D eigenvalue weighted by Crippen LogP contribution is -1.27. The first-order valence-corrected chi connectivity index (χ1v) is 4.24. The molecule has 0 saturated heterocycles. The molecule has 0 amide bonds. The highest BCUT2D eigenvalue weighted by Gasteiger charge is 1.36. The van der Waals surface area contributed by atoms with Gasteiger partial charge in [0, 0.05) is 0 Å². The second-order valence-electron chi connectivity index (χ2n) is 2.12. The van der Waals surface area contributed by atoms with E-state index in [1.54, 1.807) is 0 Å². The Labute approximate surface area is 98.5 Å². The number of hydrogen-bond donors (Lipinski definition) is 0. The second kappa shape index (κ2) is 208. The van der Waals surface area contributed by atoms with Gasteiger partial charge in [0.05, 0.1) is 0 Å². The topological polar surface area (TPSA) is 0 Å². The average molecular weight is 213 g/mol. The van der Waals surface area contributed by atoms with E-state index in [9.17, 15) is 0 Å². The summed E-state index contributed by atoms with van der Waals surface area (Å²) in [5, 5.41) is 0. The van der Waals surface area contributed by atoms with Crippen molar-refractivity contribution in [2.24, 2.45) is 0 Å². The molecule has 0 bridgehead atoms. The lowest BCUT2D eigenvalue weighted by Gasteiger charge is -1.48. The molecule has 0 aliphatic rings. The number of hydrogen-bond acceptors (Lipinski definition) is 0. The molecule has 0 unspecified atom stereocenters. The van der Waals surface area contributed by atoms with Crippen molar-refractivity contribution in [1.82, 2.24) is 0 Å². The van der Waals surface area contributed by atoms with Crippen molar-refractivity contribution in [2.75, 3.05) is 0 Å². The molecule has 0 aliphatic carbocycles. The summed E-state index contributed by atoms with van der Waals surface area (Å²) in [4.78, 5) is 0. The summed E-state index contributed by atoms with van der Waals surface area (Å²) in [6, 6.07) is 0. The van der Waals surface area contributed by atoms with E-state index in [2.05, 4.69) is 41.5 Å². The van der Waals surface area contributed by atoms with E-state index < -0.39 is 0 Å². The summed E-state index contributed by atoms with van der Waals surface area (Å²) in [6.45, 7) is 12.8. The minimum absolute atomic E-state index is 0. The summed E-state index contributed by atoms with van der Waals surface area (Å²) in [7, 11) is 0. The predicted octanol–water partition coefficient (Wildman–Crippen LogP) is 7.43. The van der Waals surface area contributed by atoms with Crippen molar-refractivity contribution >= 4 is 0 Å². The molecular weight excluding hydrogens is 168 g/mol. The molecule has 0 saturated carbocycles. The van der Waals surface area contributed by atoms with Gasteiger partial charge >= 0.3 is 0 Å². The van der Waals surface area contributed by atoms with Crippen LogP contribution in [0.5, 0.6) is 0 Å². The highest BCUT2D eigenvalue weighted by atomic mass is 13.4. The summed E-state index contributed by atoms with van der Waals surface area (Å²) >= 11 is 0. The molecule has 0 nitrogen and oxygen atoms in total. The first kappa shape index (κ1) is 65.7. The van der Waals surface area contributed by atoms with Gasteiger partial charge < -0.3 is 0 Å². The molecule has 0 heteroatoms. The Morgan fingerprint density at radius 3 is 0.357 bits per heavy atom. The first-order valence-electron chi connectivity index (χ1n) is 4.24. The lowest BCUT2D eigenvalue weighted by molar-refractivity contribution is 1.09. The molecule has 100 valence electrons. The van der Waals surface area contributed by atoms with Crippen LogP contribution in [0.15, 0.2) is 0 Å². The Morgan fingerprint density at radius 2 is 0.357 bits per heavy atom. The molecule has 0 aliphatic heterocycles. The highest BCUT2D eigenvalue weighted by molar-refractivity contribution is 3.92. The molecule has 0 aromatic rings. The minimum atomic E-state index is 0. The molecule has 0 aromatic heterocycles. The van der Waals surface area contributed by atoms with Crippen LogP contribution in [0.2, 0.25) is 0 Å². The maximum absolute atomic E-state index is 2.12. The molecule has 0 heterocycles. The zero-order valence-electron chi connectivity index (χ0n) is 8.12. The van der Waals surface area contributed by atoms with Crippen LogP contribution < -0.4 is 0 Å². The van der Waals surface area contributed by atoms with Crippen LogP contribution in [0, 0.1) is 0 Å². The van der Waals surface area contributed by atoms with E-state index in [-0.39, 0.29) is 37.1 Å². The Kier molecular flexibility index (Phi) is 976. The third-order valence-electron chi connectivity index (χ3n) is 0. The van der Waals surface area contributed by atoms with E-state index in [1.807, 2.05) is 0 Å². The van der Waals surface area contributed by atoms with E-state index in [0.717, 1.165) is 0 Å². The average Bonchev–Trinajstić information content (AvgIpc) is 1.70. The molecule has 14 heavy (non-hydrogen) atoms. The van der Waals surface area contributed by atoms with Gasteiger partial charge in [-0.05, 0) is 0 Å². The largest absolute Gasteiger partial charge is 0.0776 e. The van der Waals surface area contributed by atoms with Crippen molar-refractivity contribution in [2.45, 2.75) is 97.9 Å². The molecule has 0 aromatic carbocycles. The Morgan fingerprint density at radius 1 is 0.357 bits per heavy atom. The summed E-state index contributed by atoms with van der Waals surface area (Å²) in [5.74, 6) is 0. The van der Waals surface area contributed by atoms with Gasteiger partial charge in [-0.1, -0.05) is 97.9 Å². The van der Waals surface area contributed by atoms with Gasteiger partial charge in [-0.3, -0.25) is 0 Å². The lowest BCUT2D eigenvalue weighted by atomic mass is 10.6. The van der Waals surface area contributed by atoms with Gasteiger partial charge in [0.2, 0.25) is 0 Å². The van der Waals surface area contributed by atoms with Crippen molar-refractivity contribution in [3.63, 3.8) is 0 Å². The minimum Gasteiger partial charge on any atom is -0.0776 e. The zero-order valence-corrected chi connectivity index (χ0v) is 8.12. The fraction of sp³-hybridized carbons (Fsp3) is 1.00. The molecule has 0 radical (unpaired) electrons. The van der Waals surface area contributed by atoms with Crippen LogP contribution >= 0.6 is 0 Å². The van der Waals surface area contributed by atoms with E-state index in [1.165, 1.54) is 19.3 Å². The van der Waals surface area contributed by atoms with E-state index >= 15 is 0 Å². The standard InChI is InChI=1S/3C3H8.5CH4/c3*1-3-2;;;;;/h3*3H2,1-2H3;5*1H4. The summed E-state index contributed by atoms with van der Waals surface area (Å²) in [6.07, 6.45) is 3.75. The quantitative estimate of drug-likeness (QED) is 0.391. The summed E-state index contributed by atoms with van der Waals surface area (Å²) in [5.41, 5.74) is 0. The first-order chi connectivity index (χ1) is 4.24. The van der Waals surface area contributed by atoms with Crippen molar-refractivity contribution in [1.29, 1.82) is 0 Å². The van der Waals surface area contributed by atoms with Crippen molar-refractivity contribution in [3.05, 3.63) is 0 Å². The van der Waals surface area contributed by atoms with Crippen LogP contribution in [-0.4, -0.2) is 0 Å². The number of rotatable bonds is 0. The van der Waals surface area contributed by atoms with Gasteiger partial charge in [0.15, 0.2) is 0 Å². The molecule has 0 fully saturated rings. The molecular formula is C14H44. The van der Waals surface area contributed by atoms with Gasteiger partial charge in [0.25, 0.3) is 0 Å². The predicted molar refractivity (Wildman–Crippen MR) is 81.6 cm³/mol. The smallest absolute Gasteiger partial charge is 0.0590 e. The third-order valence-corrected chi connectivity index (χ3v) is 0. The van der Waals surface area contributed by atoms with Gasteiger partial charge in [-0.25, -0.2) is 0 Å². The zero-order chi connectivity index (χ0) is 8.12. The van der Waals surface area contributed by atoms with Crippen LogP contribution in [-0.2, 0) is 0 Å². The summed E-state index contributed by atoms with van der Waals surface area (Å²) < 4.78 is 0. The fourth-order valence-electron chi connectivity index (χ4n) is 0. The maximum Gasteiger partial charge on any atom is -0.0590 e. The van der Waals surface area contributed by atoms with Crippen LogP contribution in [0.1, 0.15) is 97.9 Å².